The van der Waals surface area contributed by atoms with Crippen molar-refractivity contribution in [1.29, 1.82) is 0 Å². The molecular weight excluding hydrogens is 142 g/mol. The summed E-state index contributed by atoms with van der Waals surface area (Å²) in [6, 6.07) is 0. The summed E-state index contributed by atoms with van der Waals surface area (Å²) in [5.74, 6) is -0.418. The van der Waals surface area contributed by atoms with Crippen LogP contribution in [0.25, 0.3) is 0 Å². The van der Waals surface area contributed by atoms with E-state index < -0.39 is 5.91 Å². The highest BCUT2D eigenvalue weighted by Crippen LogP contribution is 1.98. The highest BCUT2D eigenvalue weighted by molar-refractivity contribution is 5.76. The lowest BCUT2D eigenvalue weighted by Crippen LogP contribution is -2.28. The van der Waals surface area contributed by atoms with E-state index >= 15 is 0 Å². The number of nitrogens with two attached hydrogens (primary N) is 1. The predicted octanol–water partition coefficient (Wildman–Crippen LogP) is 0.313. The molecule has 0 bridgehead atoms. The fraction of sp³-hybridized carbons (Fsp3) is 0.429. The Hall–Kier alpha value is -1.32. The quantitative estimate of drug-likeness (QED) is 0.469. The van der Waals surface area contributed by atoms with Crippen LogP contribution in [-0.4, -0.2) is 23.7 Å². The molecule has 0 heterocycles. The molecule has 0 aromatic heterocycles. The van der Waals surface area contributed by atoms with Gasteiger partial charge in [0.2, 0.25) is 5.91 Å². The number of amides is 1. The Bertz CT molecular complexity index is 186. The third-order valence-electron chi connectivity index (χ3n) is 1.00. The predicted molar refractivity (Wildman–Crippen MR) is 44.9 cm³/mol. The van der Waals surface area contributed by atoms with Gasteiger partial charge in [-0.05, 0) is 13.8 Å². The van der Waals surface area contributed by atoms with Crippen molar-refractivity contribution < 1.29 is 4.79 Å². The van der Waals surface area contributed by atoms with E-state index in [0.29, 0.717) is 5.70 Å². The molecule has 62 valence electrons. The SMILES string of the molecule is C=C(C)N(CC(N)=O)N=CC. The second kappa shape index (κ2) is 4.49. The van der Waals surface area contributed by atoms with E-state index in [0.717, 1.165) is 0 Å². The molecule has 0 aromatic rings. The zero-order chi connectivity index (χ0) is 8.85. The average molecular weight is 155 g/mol. The minimum absolute atomic E-state index is 0.0830. The molecule has 0 fully saturated rings. The van der Waals surface area contributed by atoms with Gasteiger partial charge in [0.15, 0.2) is 0 Å². The van der Waals surface area contributed by atoms with Crippen molar-refractivity contribution >= 4 is 12.1 Å². The molecule has 0 aliphatic carbocycles. The van der Waals surface area contributed by atoms with Gasteiger partial charge in [-0.1, -0.05) is 6.58 Å². The van der Waals surface area contributed by atoms with Crippen molar-refractivity contribution in [2.75, 3.05) is 6.54 Å². The molecule has 0 spiro atoms. The summed E-state index contributed by atoms with van der Waals surface area (Å²) in [6.45, 7) is 7.24. The number of rotatable bonds is 4. The minimum Gasteiger partial charge on any atom is -0.368 e. The molecule has 0 radical (unpaired) electrons. The molecule has 4 nitrogen and oxygen atoms in total. The molecule has 0 aliphatic rings. The Morgan fingerprint density at radius 3 is 2.64 bits per heavy atom. The molecule has 1 amide bonds. The van der Waals surface area contributed by atoms with Gasteiger partial charge < -0.3 is 5.73 Å². The van der Waals surface area contributed by atoms with Gasteiger partial charge in [0.05, 0.1) is 0 Å². The summed E-state index contributed by atoms with van der Waals surface area (Å²) in [6.07, 6.45) is 1.58. The summed E-state index contributed by atoms with van der Waals surface area (Å²) in [4.78, 5) is 10.5. The summed E-state index contributed by atoms with van der Waals surface area (Å²) >= 11 is 0. The lowest BCUT2D eigenvalue weighted by molar-refractivity contribution is -0.118. The highest BCUT2D eigenvalue weighted by Gasteiger charge is 2.03. The van der Waals surface area contributed by atoms with Crippen LogP contribution in [0.4, 0.5) is 0 Å². The van der Waals surface area contributed by atoms with Gasteiger partial charge in [0.1, 0.15) is 6.54 Å². The normalized spacial score (nSPS) is 10.0. The number of hydrogen-bond donors (Lipinski definition) is 1. The number of carbonyl (C=O) groups is 1. The molecule has 0 aromatic carbocycles. The maximum atomic E-state index is 10.5. The van der Waals surface area contributed by atoms with Crippen LogP contribution in [0.15, 0.2) is 17.4 Å². The molecule has 0 saturated carbocycles. The number of hydrogen-bond acceptors (Lipinski definition) is 3. The molecule has 0 atom stereocenters. The van der Waals surface area contributed by atoms with Crippen molar-refractivity contribution in [3.05, 3.63) is 12.3 Å². The van der Waals surface area contributed by atoms with E-state index in [1.807, 2.05) is 0 Å². The highest BCUT2D eigenvalue weighted by atomic mass is 16.1. The molecule has 0 aliphatic heterocycles. The largest absolute Gasteiger partial charge is 0.368 e. The van der Waals surface area contributed by atoms with Crippen LogP contribution in [0.5, 0.6) is 0 Å². The van der Waals surface area contributed by atoms with Gasteiger partial charge in [0.25, 0.3) is 0 Å². The van der Waals surface area contributed by atoms with Gasteiger partial charge in [0, 0.05) is 11.9 Å². The van der Waals surface area contributed by atoms with Crippen LogP contribution in [-0.2, 0) is 4.79 Å². The molecule has 2 N–H and O–H groups in total. The van der Waals surface area contributed by atoms with Crippen LogP contribution in [0.2, 0.25) is 0 Å². The summed E-state index contributed by atoms with van der Waals surface area (Å²) < 4.78 is 0. The van der Waals surface area contributed by atoms with Gasteiger partial charge in [-0.15, -0.1) is 0 Å². The average Bonchev–Trinajstić information content (AvgIpc) is 1.86. The van der Waals surface area contributed by atoms with Crippen molar-refractivity contribution in [2.45, 2.75) is 13.8 Å². The lowest BCUT2D eigenvalue weighted by atomic mass is 10.5. The van der Waals surface area contributed by atoms with E-state index in [9.17, 15) is 4.79 Å². The second-order valence-electron chi connectivity index (χ2n) is 2.13. The lowest BCUT2D eigenvalue weighted by Gasteiger charge is -2.15. The zero-order valence-electron chi connectivity index (χ0n) is 6.87. The smallest absolute Gasteiger partial charge is 0.239 e. The van der Waals surface area contributed by atoms with Crippen LogP contribution in [0.1, 0.15) is 13.8 Å². The van der Waals surface area contributed by atoms with Crippen LogP contribution in [0.3, 0.4) is 0 Å². The Morgan fingerprint density at radius 1 is 1.82 bits per heavy atom. The molecule has 0 saturated heterocycles. The monoisotopic (exact) mass is 155 g/mol. The Kier molecular flexibility index (Phi) is 3.95. The van der Waals surface area contributed by atoms with E-state index in [-0.39, 0.29) is 6.54 Å². The third-order valence-corrected chi connectivity index (χ3v) is 1.00. The first-order chi connectivity index (χ1) is 5.07. The Balaban J connectivity index is 4.11. The molecule has 11 heavy (non-hydrogen) atoms. The fourth-order valence-corrected chi connectivity index (χ4v) is 0.561. The first-order valence-electron chi connectivity index (χ1n) is 3.28. The van der Waals surface area contributed by atoms with Gasteiger partial charge in [-0.3, -0.25) is 9.80 Å². The minimum atomic E-state index is -0.418. The van der Waals surface area contributed by atoms with E-state index in [1.165, 1.54) is 5.01 Å². The number of primary amides is 1. The number of nitrogens with zero attached hydrogens (tertiary/aromatic N) is 2. The van der Waals surface area contributed by atoms with Crippen LogP contribution in [0, 0.1) is 0 Å². The number of allylic oxidation sites excluding steroid dienone is 1. The topological polar surface area (TPSA) is 58.7 Å². The summed E-state index contributed by atoms with van der Waals surface area (Å²) in [5.41, 5.74) is 5.66. The standard InChI is InChI=1S/C7H13N3O/c1-4-9-10(6(2)3)5-7(8)11/h4H,2,5H2,1,3H3,(H2,8,11). The van der Waals surface area contributed by atoms with Crippen molar-refractivity contribution in [2.24, 2.45) is 10.8 Å². The van der Waals surface area contributed by atoms with Gasteiger partial charge in [-0.25, -0.2) is 0 Å². The first-order valence-corrected chi connectivity index (χ1v) is 3.28. The second-order valence-corrected chi connectivity index (χ2v) is 2.13. The van der Waals surface area contributed by atoms with E-state index in [2.05, 4.69) is 11.7 Å². The number of carbonyl (C=O) groups excluding carboxylic acids is 1. The third kappa shape index (κ3) is 4.13. The Labute approximate surface area is 66.4 Å². The van der Waals surface area contributed by atoms with Crippen LogP contribution < -0.4 is 5.73 Å². The van der Waals surface area contributed by atoms with E-state index in [1.54, 1.807) is 20.1 Å². The van der Waals surface area contributed by atoms with Crippen molar-refractivity contribution in [3.8, 4) is 0 Å². The summed E-state index contributed by atoms with van der Waals surface area (Å²) in [5, 5.41) is 5.32. The Morgan fingerprint density at radius 2 is 2.36 bits per heavy atom. The number of hydrazone groups is 1. The molecule has 0 unspecified atom stereocenters. The molecule has 4 heteroatoms. The van der Waals surface area contributed by atoms with Gasteiger partial charge >= 0.3 is 0 Å². The maximum absolute atomic E-state index is 10.5. The van der Waals surface area contributed by atoms with Crippen LogP contribution >= 0.6 is 0 Å². The van der Waals surface area contributed by atoms with Gasteiger partial charge in [-0.2, -0.15) is 5.10 Å². The maximum Gasteiger partial charge on any atom is 0.239 e. The van der Waals surface area contributed by atoms with Crippen molar-refractivity contribution in [3.63, 3.8) is 0 Å². The first kappa shape index (κ1) is 9.68. The summed E-state index contributed by atoms with van der Waals surface area (Å²) in [7, 11) is 0. The molecular formula is C7H13N3O. The molecule has 0 rings (SSSR count). The zero-order valence-corrected chi connectivity index (χ0v) is 6.87. The fourth-order valence-electron chi connectivity index (χ4n) is 0.561. The van der Waals surface area contributed by atoms with E-state index in [4.69, 9.17) is 5.73 Å². The van der Waals surface area contributed by atoms with Crippen molar-refractivity contribution in [1.82, 2.24) is 5.01 Å².